The second kappa shape index (κ2) is 31.4. The van der Waals surface area contributed by atoms with Crippen molar-refractivity contribution < 1.29 is 49.4 Å². The second-order valence-corrected chi connectivity index (χ2v) is 19.4. The Balaban J connectivity index is 1.17. The van der Waals surface area contributed by atoms with Gasteiger partial charge in [0.2, 0.25) is 0 Å². The third kappa shape index (κ3) is 19.4. The number of hydrogen-bond donors (Lipinski definition) is 4. The van der Waals surface area contributed by atoms with Crippen molar-refractivity contribution in [1.82, 2.24) is 38.5 Å². The summed E-state index contributed by atoms with van der Waals surface area (Å²) in [7, 11) is 0. The van der Waals surface area contributed by atoms with Crippen molar-refractivity contribution in [3.05, 3.63) is 172 Å². The van der Waals surface area contributed by atoms with Crippen molar-refractivity contribution in [3.63, 3.8) is 0 Å². The van der Waals surface area contributed by atoms with Gasteiger partial charge in [-0.1, -0.05) is 55.5 Å². The molecule has 1 saturated heterocycles. The van der Waals surface area contributed by atoms with Crippen molar-refractivity contribution in [2.45, 2.75) is 90.5 Å². The van der Waals surface area contributed by atoms with Crippen molar-refractivity contribution >= 4 is 17.3 Å². The van der Waals surface area contributed by atoms with E-state index in [1.54, 1.807) is 48.5 Å². The fourth-order valence-corrected chi connectivity index (χ4v) is 9.16. The smallest absolute Gasteiger partial charge is 0.283 e. The molecule has 1 aromatic carbocycles. The molecule has 0 bridgehead atoms. The highest BCUT2D eigenvalue weighted by Gasteiger charge is 2.27. The van der Waals surface area contributed by atoms with Gasteiger partial charge in [-0.3, -0.25) is 53.2 Å². The maximum absolute atomic E-state index is 13.2. The van der Waals surface area contributed by atoms with Crippen LogP contribution in [0.2, 0.25) is 0 Å². The zero-order chi connectivity index (χ0) is 55.8. The Labute approximate surface area is 452 Å². The molecule has 0 spiro atoms. The second-order valence-electron chi connectivity index (χ2n) is 19.4. The molecule has 6 rings (SSSR count). The molecule has 4 N–H and O–H groups in total. The van der Waals surface area contributed by atoms with E-state index in [9.17, 15) is 54.4 Å². The quantitative estimate of drug-likeness (QED) is 0.0396. The first-order chi connectivity index (χ1) is 37.7. The number of benzene rings is 1. The molecule has 422 valence electrons. The van der Waals surface area contributed by atoms with Gasteiger partial charge in [-0.15, -0.1) is 0 Å². The minimum atomic E-state index is -0.610. The molecule has 4 aromatic heterocycles. The van der Waals surface area contributed by atoms with Crippen LogP contribution < -0.4 is 22.2 Å². The van der Waals surface area contributed by atoms with Gasteiger partial charge in [0, 0.05) is 141 Å². The minimum Gasteiger partial charge on any atom is -0.425 e. The van der Waals surface area contributed by atoms with E-state index >= 15 is 0 Å². The van der Waals surface area contributed by atoms with Gasteiger partial charge >= 0.3 is 0 Å². The Bertz CT molecular complexity index is 2960. The van der Waals surface area contributed by atoms with Crippen LogP contribution in [0.5, 0.6) is 0 Å². The number of hydrogen-bond acceptors (Lipinski definition) is 18. The average molecular weight is 1080 g/mol. The van der Waals surface area contributed by atoms with E-state index < -0.39 is 22.2 Å². The molecular formula is C56H74N8O14. The minimum absolute atomic E-state index is 0.00552. The lowest BCUT2D eigenvalue weighted by Gasteiger charge is -2.39. The third-order valence-corrected chi connectivity index (χ3v) is 13.7. The molecule has 5 heterocycles. The lowest BCUT2D eigenvalue weighted by molar-refractivity contribution is -0.121. The zero-order valence-corrected chi connectivity index (χ0v) is 44.4. The highest BCUT2D eigenvalue weighted by molar-refractivity contribution is 5.82. The highest BCUT2D eigenvalue weighted by atomic mass is 16.5. The summed E-state index contributed by atoms with van der Waals surface area (Å²) in [5.41, 5.74) is 0.653. The van der Waals surface area contributed by atoms with Gasteiger partial charge < -0.3 is 35.0 Å². The van der Waals surface area contributed by atoms with Gasteiger partial charge in [-0.2, -0.15) is 18.9 Å². The Morgan fingerprint density at radius 3 is 1.31 bits per heavy atom. The molecule has 0 aliphatic carbocycles. The number of Topliss-reactive ketones (excluding diaryl/α,β-unsaturated/α-hetero) is 3. The van der Waals surface area contributed by atoms with Crippen LogP contribution in [0.3, 0.4) is 0 Å². The molecule has 1 unspecified atom stereocenters. The van der Waals surface area contributed by atoms with Crippen LogP contribution in [0, 0.1) is 0 Å². The Hall–Kier alpha value is -7.05. The Kier molecular flexibility index (Phi) is 24.2. The van der Waals surface area contributed by atoms with Crippen molar-refractivity contribution in [2.75, 3.05) is 85.5 Å². The standard InChI is InChI=1S/C56H74N8O14/c1-2-50(65)22-30-76-32-34-78-35-33-77-31-23-51(66)12-7-13-52(67)37-44-20-18-43(19-21-44)36-49-41-59(40-47-10-5-16-55(70)63(47)74)27-26-57(38-45-8-3-14-53(68)61(45)72)24-25-58(39-46-9-4-15-54(69)62(46)73)28-29-60(49)42-48-11-6-17-56(71)64(48)75/h3-6,8-11,14-21,49,72-75H,2,7,12-13,22-42H2,1H3. The topological polar surface area (TPSA) is 261 Å². The Morgan fingerprint density at radius 1 is 0.449 bits per heavy atom. The van der Waals surface area contributed by atoms with E-state index in [0.29, 0.717) is 146 Å². The van der Waals surface area contributed by atoms with Crippen LogP contribution in [0.15, 0.2) is 116 Å². The first-order valence-corrected chi connectivity index (χ1v) is 26.6. The molecule has 1 atom stereocenters. The fourth-order valence-electron chi connectivity index (χ4n) is 9.16. The first-order valence-electron chi connectivity index (χ1n) is 26.6. The van der Waals surface area contributed by atoms with Crippen LogP contribution in [0.25, 0.3) is 0 Å². The molecule has 0 saturated carbocycles. The van der Waals surface area contributed by atoms with Crippen LogP contribution >= 0.6 is 0 Å². The summed E-state index contributed by atoms with van der Waals surface area (Å²) in [5, 5.41) is 43.5. The van der Waals surface area contributed by atoms with E-state index in [1.807, 2.05) is 31.2 Å². The number of pyridine rings is 4. The van der Waals surface area contributed by atoms with Crippen molar-refractivity contribution in [1.29, 1.82) is 0 Å². The van der Waals surface area contributed by atoms with E-state index in [2.05, 4.69) is 19.6 Å². The summed E-state index contributed by atoms with van der Waals surface area (Å²) in [6, 6.07) is 25.2. The molecule has 78 heavy (non-hydrogen) atoms. The number of ketones is 3. The predicted molar refractivity (Wildman–Crippen MR) is 286 cm³/mol. The zero-order valence-electron chi connectivity index (χ0n) is 44.4. The van der Waals surface area contributed by atoms with Crippen LogP contribution in [0.1, 0.15) is 79.4 Å². The molecular weight excluding hydrogens is 1010 g/mol. The van der Waals surface area contributed by atoms with E-state index in [1.165, 1.54) is 24.3 Å². The van der Waals surface area contributed by atoms with Gasteiger partial charge in [0.05, 0.1) is 62.4 Å². The summed E-state index contributed by atoms with van der Waals surface area (Å²) in [6.45, 7) is 7.03. The SMILES string of the molecule is CCC(=O)CCOCCOCCOCCC(=O)CCCC(=O)Cc1ccc(CC2CN(Cc3cccc(=O)n3O)CCN(Cc3cccc(=O)n3O)CCN(Cc3cccc(=O)n3O)CCN2Cc2cccc(=O)n2O)cc1. The van der Waals surface area contributed by atoms with Crippen molar-refractivity contribution in [3.8, 4) is 0 Å². The molecule has 1 fully saturated rings. The number of carbonyl (C=O) groups excluding carboxylic acids is 3. The highest BCUT2D eigenvalue weighted by Crippen LogP contribution is 2.19. The molecule has 1 aliphatic rings. The summed E-state index contributed by atoms with van der Waals surface area (Å²) in [4.78, 5) is 96.0. The van der Waals surface area contributed by atoms with E-state index in [0.717, 1.165) is 11.1 Å². The van der Waals surface area contributed by atoms with Crippen LogP contribution in [0.4, 0.5) is 0 Å². The average Bonchev–Trinajstić information content (AvgIpc) is 3.42. The maximum atomic E-state index is 13.2. The first kappa shape index (κ1) is 60.2. The normalized spacial score (nSPS) is 15.4. The number of carbonyl (C=O) groups is 3. The molecule has 0 radical (unpaired) electrons. The predicted octanol–water partition coefficient (Wildman–Crippen LogP) is 2.88. The van der Waals surface area contributed by atoms with Gasteiger partial charge in [-0.05, 0) is 48.2 Å². The van der Waals surface area contributed by atoms with E-state index in [-0.39, 0.29) is 81.9 Å². The number of aromatic nitrogens is 4. The van der Waals surface area contributed by atoms with Crippen LogP contribution in [-0.4, -0.2) is 168 Å². The van der Waals surface area contributed by atoms with Crippen LogP contribution in [-0.2, 0) is 67.6 Å². The monoisotopic (exact) mass is 1080 g/mol. The third-order valence-electron chi connectivity index (χ3n) is 13.7. The summed E-state index contributed by atoms with van der Waals surface area (Å²) in [6.07, 6.45) is 2.65. The number of nitrogens with zero attached hydrogens (tertiary/aromatic N) is 8. The lowest BCUT2D eigenvalue weighted by atomic mass is 9.99. The van der Waals surface area contributed by atoms with Gasteiger partial charge in [-0.25, -0.2) is 0 Å². The van der Waals surface area contributed by atoms with E-state index in [4.69, 9.17) is 14.2 Å². The maximum Gasteiger partial charge on any atom is 0.283 e. The lowest BCUT2D eigenvalue weighted by Crippen LogP contribution is -2.51. The van der Waals surface area contributed by atoms with Crippen molar-refractivity contribution in [2.24, 2.45) is 0 Å². The van der Waals surface area contributed by atoms with Gasteiger partial charge in [0.15, 0.2) is 0 Å². The number of ether oxygens (including phenoxy) is 3. The fraction of sp³-hybridized carbons (Fsp3) is 0.482. The summed E-state index contributed by atoms with van der Waals surface area (Å²) in [5.74, 6) is 0.162. The summed E-state index contributed by atoms with van der Waals surface area (Å²) < 4.78 is 18.8. The van der Waals surface area contributed by atoms with Gasteiger partial charge in [0.1, 0.15) is 17.3 Å². The molecule has 0 amide bonds. The van der Waals surface area contributed by atoms with Gasteiger partial charge in [0.25, 0.3) is 22.2 Å². The number of rotatable bonds is 29. The largest absolute Gasteiger partial charge is 0.425 e. The molecule has 22 nitrogen and oxygen atoms in total. The molecule has 5 aromatic rings. The molecule has 1 aliphatic heterocycles. The summed E-state index contributed by atoms with van der Waals surface area (Å²) >= 11 is 0. The Morgan fingerprint density at radius 2 is 0.833 bits per heavy atom. The molecule has 22 heteroatoms.